The first kappa shape index (κ1) is 14.6. The topological polar surface area (TPSA) is 56.5 Å². The third kappa shape index (κ3) is 2.48. The van der Waals surface area contributed by atoms with Crippen molar-refractivity contribution < 1.29 is 18.3 Å². The minimum Gasteiger partial charge on any atom is -0.423 e. The maximum absolute atomic E-state index is 13.2. The Kier molecular flexibility index (Phi) is 3.41. The van der Waals surface area contributed by atoms with Gasteiger partial charge >= 0.3 is 11.6 Å². The van der Waals surface area contributed by atoms with E-state index in [1.807, 2.05) is 0 Å². The van der Waals surface area contributed by atoms with Crippen molar-refractivity contribution in [2.45, 2.75) is 19.3 Å². The number of fused-ring (bicyclic) bond motifs is 3. The van der Waals surface area contributed by atoms with Crippen molar-refractivity contribution in [3.8, 4) is 5.75 Å². The van der Waals surface area contributed by atoms with Crippen molar-refractivity contribution in [1.29, 1.82) is 0 Å². The second kappa shape index (κ2) is 5.60. The highest BCUT2D eigenvalue weighted by atomic mass is 19.1. The number of halogens is 1. The van der Waals surface area contributed by atoms with Crippen LogP contribution in [0.2, 0.25) is 0 Å². The molecule has 0 spiro atoms. The van der Waals surface area contributed by atoms with E-state index >= 15 is 0 Å². The quantitative estimate of drug-likeness (QED) is 0.410. The Morgan fingerprint density at radius 1 is 1.08 bits per heavy atom. The Bertz CT molecular complexity index is 1020. The van der Waals surface area contributed by atoms with Crippen molar-refractivity contribution in [1.82, 2.24) is 0 Å². The van der Waals surface area contributed by atoms with Crippen LogP contribution in [0.1, 0.15) is 27.9 Å². The Labute approximate surface area is 136 Å². The van der Waals surface area contributed by atoms with Gasteiger partial charge in [0, 0.05) is 17.0 Å². The fourth-order valence-corrected chi connectivity index (χ4v) is 3.11. The molecule has 2 aromatic carbocycles. The maximum Gasteiger partial charge on any atom is 0.343 e. The summed E-state index contributed by atoms with van der Waals surface area (Å²) >= 11 is 0. The predicted molar refractivity (Wildman–Crippen MR) is 85.9 cm³/mol. The Morgan fingerprint density at radius 3 is 2.75 bits per heavy atom. The second-order valence-corrected chi connectivity index (χ2v) is 5.76. The molecule has 4 nitrogen and oxygen atoms in total. The largest absolute Gasteiger partial charge is 0.423 e. The normalized spacial score (nSPS) is 13.0. The van der Waals surface area contributed by atoms with Crippen LogP contribution in [0, 0.1) is 5.82 Å². The SMILES string of the molecule is O=C(Oc1ccc2c3c(c(=O)oc2c1)CCC3)c1cccc(F)c1. The zero-order valence-electron chi connectivity index (χ0n) is 12.7. The van der Waals surface area contributed by atoms with Crippen molar-refractivity contribution in [2.24, 2.45) is 0 Å². The van der Waals surface area contributed by atoms with Crippen LogP contribution in [0.4, 0.5) is 4.39 Å². The smallest absolute Gasteiger partial charge is 0.343 e. The molecule has 1 aromatic heterocycles. The van der Waals surface area contributed by atoms with E-state index < -0.39 is 11.8 Å². The van der Waals surface area contributed by atoms with Gasteiger partial charge in [-0.3, -0.25) is 0 Å². The van der Waals surface area contributed by atoms with Gasteiger partial charge in [-0.25, -0.2) is 14.0 Å². The molecule has 1 heterocycles. The highest BCUT2D eigenvalue weighted by Gasteiger charge is 2.20. The van der Waals surface area contributed by atoms with Gasteiger partial charge in [-0.2, -0.15) is 0 Å². The van der Waals surface area contributed by atoms with Crippen molar-refractivity contribution >= 4 is 16.9 Å². The zero-order chi connectivity index (χ0) is 16.7. The van der Waals surface area contributed by atoms with Crippen LogP contribution in [0.5, 0.6) is 5.75 Å². The van der Waals surface area contributed by atoms with Gasteiger partial charge in [-0.05, 0) is 55.2 Å². The van der Waals surface area contributed by atoms with E-state index in [2.05, 4.69) is 0 Å². The van der Waals surface area contributed by atoms with Gasteiger partial charge in [0.05, 0.1) is 5.56 Å². The molecule has 0 N–H and O–H groups in total. The Balaban J connectivity index is 1.70. The number of aryl methyl sites for hydroxylation is 1. The summed E-state index contributed by atoms with van der Waals surface area (Å²) in [4.78, 5) is 24.1. The summed E-state index contributed by atoms with van der Waals surface area (Å²) in [6, 6.07) is 10.2. The standard InChI is InChI=1S/C19H13FO4/c20-12-4-1-3-11(9-12)18(21)23-13-7-8-15-14-5-2-6-16(14)19(22)24-17(15)10-13/h1,3-4,7-10H,2,5-6H2. The Hall–Kier alpha value is -2.95. The minimum atomic E-state index is -0.669. The summed E-state index contributed by atoms with van der Waals surface area (Å²) in [7, 11) is 0. The molecule has 4 rings (SSSR count). The number of esters is 1. The number of carbonyl (C=O) groups is 1. The molecule has 0 bridgehead atoms. The van der Waals surface area contributed by atoms with E-state index in [4.69, 9.17) is 9.15 Å². The molecule has 0 amide bonds. The van der Waals surface area contributed by atoms with Crippen LogP contribution in [0.3, 0.4) is 0 Å². The van der Waals surface area contributed by atoms with Crippen molar-refractivity contribution in [3.05, 3.63) is 75.4 Å². The van der Waals surface area contributed by atoms with E-state index in [-0.39, 0.29) is 16.9 Å². The zero-order valence-corrected chi connectivity index (χ0v) is 12.7. The van der Waals surface area contributed by atoms with Gasteiger partial charge in [0.1, 0.15) is 17.1 Å². The summed E-state index contributed by atoms with van der Waals surface area (Å²) < 4.78 is 23.8. The fourth-order valence-electron chi connectivity index (χ4n) is 3.11. The molecule has 1 aliphatic carbocycles. The molecular weight excluding hydrogens is 311 g/mol. The number of carbonyl (C=O) groups excluding carboxylic acids is 1. The molecule has 0 saturated carbocycles. The van der Waals surface area contributed by atoms with Crippen LogP contribution in [-0.4, -0.2) is 5.97 Å². The average molecular weight is 324 g/mol. The number of ether oxygens (including phenoxy) is 1. The number of hydrogen-bond donors (Lipinski definition) is 0. The molecule has 0 radical (unpaired) electrons. The van der Waals surface area contributed by atoms with Gasteiger partial charge in [-0.15, -0.1) is 0 Å². The molecule has 5 heteroatoms. The highest BCUT2D eigenvalue weighted by Crippen LogP contribution is 2.29. The summed E-state index contributed by atoms with van der Waals surface area (Å²) in [5.41, 5.74) is 1.94. The number of hydrogen-bond acceptors (Lipinski definition) is 4. The summed E-state index contributed by atoms with van der Waals surface area (Å²) in [6.07, 6.45) is 2.53. The molecule has 120 valence electrons. The van der Waals surface area contributed by atoms with E-state index in [1.165, 1.54) is 24.3 Å². The molecule has 0 atom stereocenters. The molecule has 0 aliphatic heterocycles. The first-order valence-corrected chi connectivity index (χ1v) is 7.68. The van der Waals surface area contributed by atoms with Crippen LogP contribution in [-0.2, 0) is 12.8 Å². The third-order valence-corrected chi connectivity index (χ3v) is 4.22. The highest BCUT2D eigenvalue weighted by molar-refractivity contribution is 5.92. The van der Waals surface area contributed by atoms with E-state index in [1.54, 1.807) is 12.1 Å². The lowest BCUT2D eigenvalue weighted by molar-refractivity contribution is 0.0734. The minimum absolute atomic E-state index is 0.116. The number of benzene rings is 2. The maximum atomic E-state index is 13.2. The van der Waals surface area contributed by atoms with Gasteiger partial charge in [0.2, 0.25) is 0 Å². The average Bonchev–Trinajstić information content (AvgIpc) is 3.05. The lowest BCUT2D eigenvalue weighted by Crippen LogP contribution is -2.09. The van der Waals surface area contributed by atoms with Gasteiger partial charge in [0.15, 0.2) is 0 Å². The van der Waals surface area contributed by atoms with E-state index in [9.17, 15) is 14.0 Å². The van der Waals surface area contributed by atoms with Gasteiger partial charge in [0.25, 0.3) is 0 Å². The van der Waals surface area contributed by atoms with Crippen LogP contribution in [0.25, 0.3) is 11.0 Å². The molecular formula is C19H13FO4. The predicted octanol–water partition coefficient (Wildman–Crippen LogP) is 3.64. The van der Waals surface area contributed by atoms with Crippen LogP contribution in [0.15, 0.2) is 51.7 Å². The summed E-state index contributed by atoms with van der Waals surface area (Å²) in [6.45, 7) is 0. The lowest BCUT2D eigenvalue weighted by Gasteiger charge is -2.07. The fraction of sp³-hybridized carbons (Fsp3) is 0.158. The molecule has 24 heavy (non-hydrogen) atoms. The second-order valence-electron chi connectivity index (χ2n) is 5.76. The van der Waals surface area contributed by atoms with Gasteiger partial charge in [-0.1, -0.05) is 6.07 Å². The summed E-state index contributed by atoms with van der Waals surface area (Å²) in [5, 5.41) is 0.868. The van der Waals surface area contributed by atoms with Crippen LogP contribution < -0.4 is 10.4 Å². The van der Waals surface area contributed by atoms with Crippen molar-refractivity contribution in [3.63, 3.8) is 0 Å². The molecule has 1 aliphatic rings. The molecule has 0 unspecified atom stereocenters. The third-order valence-electron chi connectivity index (χ3n) is 4.22. The molecule has 3 aromatic rings. The Morgan fingerprint density at radius 2 is 1.92 bits per heavy atom. The van der Waals surface area contributed by atoms with E-state index in [0.29, 0.717) is 5.58 Å². The summed E-state index contributed by atoms with van der Waals surface area (Å²) in [5.74, 6) is -0.931. The first-order valence-electron chi connectivity index (χ1n) is 7.68. The van der Waals surface area contributed by atoms with E-state index in [0.717, 1.165) is 41.8 Å². The van der Waals surface area contributed by atoms with Crippen molar-refractivity contribution in [2.75, 3.05) is 0 Å². The lowest BCUT2D eigenvalue weighted by atomic mass is 10.1. The number of rotatable bonds is 2. The first-order chi connectivity index (χ1) is 11.6. The molecule has 0 fully saturated rings. The van der Waals surface area contributed by atoms with Gasteiger partial charge < -0.3 is 9.15 Å². The monoisotopic (exact) mass is 324 g/mol. The van der Waals surface area contributed by atoms with Crippen LogP contribution >= 0.6 is 0 Å². The molecule has 0 saturated heterocycles.